The quantitative estimate of drug-likeness (QED) is 0.639. The molecule has 0 aromatic heterocycles. The van der Waals surface area contributed by atoms with E-state index in [0.29, 0.717) is 11.3 Å². The van der Waals surface area contributed by atoms with Gasteiger partial charge in [-0.2, -0.15) is 0 Å². The lowest BCUT2D eigenvalue weighted by Crippen LogP contribution is -2.47. The molecule has 0 bridgehead atoms. The standard InChI is InChI=1S/C20H30O/c1-12-10-15(21)11-14-5-6-16-17(19(12)14)8-9-20(3)13(2)4-7-18(16)20/h4-5,12,15-19,21H,6-11H2,1-3H3/t12-,15?,16-,17+,18+,19?,20-/m1/s1. The highest BCUT2D eigenvalue weighted by atomic mass is 16.3. The predicted molar refractivity (Wildman–Crippen MR) is 86.8 cm³/mol. The monoisotopic (exact) mass is 286 g/mol. The van der Waals surface area contributed by atoms with Crippen molar-refractivity contribution in [3.8, 4) is 0 Å². The first-order valence-electron chi connectivity index (χ1n) is 9.05. The number of rotatable bonds is 0. The molecule has 2 saturated carbocycles. The molecule has 0 amide bonds. The molecule has 4 aliphatic rings. The maximum absolute atomic E-state index is 10.1. The van der Waals surface area contributed by atoms with Gasteiger partial charge in [-0.25, -0.2) is 0 Å². The average Bonchev–Trinajstić information content (AvgIpc) is 2.74. The topological polar surface area (TPSA) is 20.2 Å². The molecule has 0 aliphatic heterocycles. The van der Waals surface area contributed by atoms with Crippen LogP contribution in [0.1, 0.15) is 59.3 Å². The molecule has 0 aromatic rings. The van der Waals surface area contributed by atoms with Crippen molar-refractivity contribution >= 4 is 0 Å². The van der Waals surface area contributed by atoms with Gasteiger partial charge in [-0.3, -0.25) is 0 Å². The van der Waals surface area contributed by atoms with Crippen LogP contribution in [-0.2, 0) is 0 Å². The summed E-state index contributed by atoms with van der Waals surface area (Å²) in [5.41, 5.74) is 3.76. The minimum absolute atomic E-state index is 0.0803. The number of hydrogen-bond donors (Lipinski definition) is 1. The summed E-state index contributed by atoms with van der Waals surface area (Å²) in [5, 5.41) is 10.1. The van der Waals surface area contributed by atoms with Gasteiger partial charge in [-0.15, -0.1) is 0 Å². The van der Waals surface area contributed by atoms with Crippen LogP contribution in [0, 0.1) is 35.0 Å². The Morgan fingerprint density at radius 1 is 1.19 bits per heavy atom. The molecular weight excluding hydrogens is 256 g/mol. The lowest BCUT2D eigenvalue weighted by atomic mass is 9.51. The molecule has 2 unspecified atom stereocenters. The summed E-state index contributed by atoms with van der Waals surface area (Å²) in [5.74, 6) is 4.12. The zero-order valence-electron chi connectivity index (χ0n) is 13.8. The highest BCUT2D eigenvalue weighted by Gasteiger charge is 2.53. The van der Waals surface area contributed by atoms with E-state index in [-0.39, 0.29) is 6.10 Å². The fourth-order valence-electron chi connectivity index (χ4n) is 6.52. The van der Waals surface area contributed by atoms with E-state index in [1.165, 1.54) is 25.7 Å². The minimum Gasteiger partial charge on any atom is -0.393 e. The summed E-state index contributed by atoms with van der Waals surface area (Å²) < 4.78 is 0. The first kappa shape index (κ1) is 14.1. The highest BCUT2D eigenvalue weighted by molar-refractivity contribution is 5.26. The summed E-state index contributed by atoms with van der Waals surface area (Å²) in [6, 6.07) is 0. The van der Waals surface area contributed by atoms with Crippen molar-refractivity contribution in [1.82, 2.24) is 0 Å². The summed E-state index contributed by atoms with van der Waals surface area (Å²) >= 11 is 0. The Kier molecular flexibility index (Phi) is 3.16. The van der Waals surface area contributed by atoms with Gasteiger partial charge in [0.2, 0.25) is 0 Å². The van der Waals surface area contributed by atoms with E-state index < -0.39 is 0 Å². The van der Waals surface area contributed by atoms with Crippen LogP contribution in [-0.4, -0.2) is 11.2 Å². The van der Waals surface area contributed by atoms with Crippen LogP contribution in [0.25, 0.3) is 0 Å². The molecule has 2 fully saturated rings. The van der Waals surface area contributed by atoms with Gasteiger partial charge >= 0.3 is 0 Å². The lowest BCUT2D eigenvalue weighted by Gasteiger charge is -2.54. The van der Waals surface area contributed by atoms with Crippen molar-refractivity contribution in [3.05, 3.63) is 23.3 Å². The van der Waals surface area contributed by atoms with Crippen LogP contribution in [0.15, 0.2) is 23.3 Å². The molecule has 0 aromatic carbocycles. The zero-order valence-corrected chi connectivity index (χ0v) is 13.8. The molecule has 4 aliphatic carbocycles. The number of fused-ring (bicyclic) bond motifs is 5. The molecule has 4 rings (SSSR count). The average molecular weight is 286 g/mol. The fraction of sp³-hybridized carbons (Fsp3) is 0.800. The van der Waals surface area contributed by atoms with Gasteiger partial charge in [-0.1, -0.05) is 37.1 Å². The summed E-state index contributed by atoms with van der Waals surface area (Å²) in [6.07, 6.45) is 12.3. The largest absolute Gasteiger partial charge is 0.393 e. The molecule has 0 saturated heterocycles. The molecule has 1 N–H and O–H groups in total. The third kappa shape index (κ3) is 1.92. The van der Waals surface area contributed by atoms with Gasteiger partial charge in [0.05, 0.1) is 6.10 Å². The third-order valence-corrected chi connectivity index (χ3v) is 7.73. The molecule has 0 heterocycles. The SMILES string of the molecule is CC1=CC[C@H]2[C@@H]3CC=C4CC(O)C[C@@H](C)C4[C@H]3CC[C@]12C. The molecule has 116 valence electrons. The molecule has 21 heavy (non-hydrogen) atoms. The van der Waals surface area contributed by atoms with Gasteiger partial charge in [0.15, 0.2) is 0 Å². The van der Waals surface area contributed by atoms with Crippen LogP contribution in [0.2, 0.25) is 0 Å². The Morgan fingerprint density at radius 3 is 2.81 bits per heavy atom. The van der Waals surface area contributed by atoms with E-state index >= 15 is 0 Å². The second-order valence-electron chi connectivity index (χ2n) is 8.62. The van der Waals surface area contributed by atoms with E-state index in [2.05, 4.69) is 32.9 Å². The number of aliphatic hydroxyl groups is 1. The minimum atomic E-state index is -0.0803. The molecular formula is C20H30O. The first-order valence-corrected chi connectivity index (χ1v) is 9.05. The number of aliphatic hydroxyl groups excluding tert-OH is 1. The Labute approximate surface area is 129 Å². The van der Waals surface area contributed by atoms with Crippen molar-refractivity contribution in [2.24, 2.45) is 35.0 Å². The van der Waals surface area contributed by atoms with Crippen LogP contribution in [0.4, 0.5) is 0 Å². The lowest BCUT2D eigenvalue weighted by molar-refractivity contribution is -0.00746. The molecule has 0 spiro atoms. The maximum atomic E-state index is 10.1. The number of allylic oxidation sites excluding steroid dienone is 3. The molecule has 7 atom stereocenters. The maximum Gasteiger partial charge on any atom is 0.0580 e. The third-order valence-electron chi connectivity index (χ3n) is 7.73. The fourth-order valence-corrected chi connectivity index (χ4v) is 6.52. The Bertz CT molecular complexity index is 502. The summed E-state index contributed by atoms with van der Waals surface area (Å²) in [6.45, 7) is 7.28. The summed E-state index contributed by atoms with van der Waals surface area (Å²) in [7, 11) is 0. The van der Waals surface area contributed by atoms with Gasteiger partial charge in [0, 0.05) is 0 Å². The van der Waals surface area contributed by atoms with E-state index in [9.17, 15) is 5.11 Å². The second-order valence-corrected chi connectivity index (χ2v) is 8.62. The van der Waals surface area contributed by atoms with Crippen molar-refractivity contribution < 1.29 is 5.11 Å². The normalized spacial score (nSPS) is 52.4. The van der Waals surface area contributed by atoms with Crippen molar-refractivity contribution in [2.75, 3.05) is 0 Å². The van der Waals surface area contributed by atoms with Crippen molar-refractivity contribution in [2.45, 2.75) is 65.4 Å². The number of hydrogen-bond acceptors (Lipinski definition) is 1. The van der Waals surface area contributed by atoms with E-state index in [0.717, 1.165) is 36.5 Å². The highest BCUT2D eigenvalue weighted by Crippen LogP contribution is 2.61. The zero-order chi connectivity index (χ0) is 14.8. The van der Waals surface area contributed by atoms with Gasteiger partial charge in [0.1, 0.15) is 0 Å². The van der Waals surface area contributed by atoms with Gasteiger partial charge in [-0.05, 0) is 80.5 Å². The smallest absolute Gasteiger partial charge is 0.0580 e. The van der Waals surface area contributed by atoms with Crippen molar-refractivity contribution in [1.29, 1.82) is 0 Å². The van der Waals surface area contributed by atoms with E-state index in [4.69, 9.17) is 0 Å². The van der Waals surface area contributed by atoms with E-state index in [1.54, 1.807) is 11.1 Å². The molecule has 1 heteroatoms. The Balaban J connectivity index is 1.65. The van der Waals surface area contributed by atoms with Crippen LogP contribution in [0.3, 0.4) is 0 Å². The Morgan fingerprint density at radius 2 is 2.00 bits per heavy atom. The van der Waals surface area contributed by atoms with Crippen LogP contribution >= 0.6 is 0 Å². The van der Waals surface area contributed by atoms with Crippen LogP contribution < -0.4 is 0 Å². The second kappa shape index (κ2) is 4.72. The van der Waals surface area contributed by atoms with Crippen molar-refractivity contribution in [3.63, 3.8) is 0 Å². The van der Waals surface area contributed by atoms with Gasteiger partial charge < -0.3 is 5.11 Å². The Hall–Kier alpha value is -0.560. The van der Waals surface area contributed by atoms with Gasteiger partial charge in [0.25, 0.3) is 0 Å². The van der Waals surface area contributed by atoms with E-state index in [1.807, 2.05) is 0 Å². The molecule has 0 radical (unpaired) electrons. The first-order chi connectivity index (χ1) is 10.0. The molecule has 1 nitrogen and oxygen atoms in total. The predicted octanol–water partition coefficient (Wildman–Crippen LogP) is 4.72. The van der Waals surface area contributed by atoms with Crippen LogP contribution in [0.5, 0.6) is 0 Å². The summed E-state index contributed by atoms with van der Waals surface area (Å²) in [4.78, 5) is 0.